The third-order valence-electron chi connectivity index (χ3n) is 2.24. The molecule has 1 aliphatic heterocycles. The molecule has 0 aromatic heterocycles. The van der Waals surface area contributed by atoms with Gasteiger partial charge in [-0.05, 0) is 32.7 Å². The van der Waals surface area contributed by atoms with E-state index in [-0.39, 0.29) is 5.54 Å². The van der Waals surface area contributed by atoms with Crippen LogP contribution in [0.15, 0.2) is 0 Å². The maximum Gasteiger partial charge on any atom is 0.0645 e. The maximum absolute atomic E-state index is 5.42. The first-order chi connectivity index (χ1) is 5.27. The predicted octanol–water partition coefficient (Wildman–Crippen LogP) is 1.56. The van der Waals surface area contributed by atoms with Gasteiger partial charge in [0.25, 0.3) is 0 Å². The van der Waals surface area contributed by atoms with Crippen LogP contribution >= 0.6 is 0 Å². The van der Waals surface area contributed by atoms with Gasteiger partial charge in [0, 0.05) is 12.1 Å². The van der Waals surface area contributed by atoms with E-state index in [9.17, 15) is 0 Å². The van der Waals surface area contributed by atoms with Crippen molar-refractivity contribution in [3.63, 3.8) is 0 Å². The van der Waals surface area contributed by atoms with E-state index in [4.69, 9.17) is 4.74 Å². The van der Waals surface area contributed by atoms with E-state index in [1.165, 1.54) is 19.3 Å². The molecule has 0 saturated carbocycles. The van der Waals surface area contributed by atoms with Gasteiger partial charge in [0.2, 0.25) is 0 Å². The Balaban J connectivity index is 2.25. The SMILES string of the molecule is CCCNC1(C)CCCOC1. The lowest BCUT2D eigenvalue weighted by atomic mass is 9.95. The molecule has 0 spiro atoms. The molecule has 0 bridgehead atoms. The van der Waals surface area contributed by atoms with E-state index in [2.05, 4.69) is 19.2 Å². The zero-order valence-corrected chi connectivity index (χ0v) is 7.65. The Morgan fingerprint density at radius 1 is 1.55 bits per heavy atom. The van der Waals surface area contributed by atoms with Gasteiger partial charge in [0.1, 0.15) is 0 Å². The highest BCUT2D eigenvalue weighted by molar-refractivity contribution is 4.84. The molecule has 2 nitrogen and oxygen atoms in total. The van der Waals surface area contributed by atoms with Gasteiger partial charge in [0.05, 0.1) is 6.61 Å². The van der Waals surface area contributed by atoms with Crippen LogP contribution in [0.2, 0.25) is 0 Å². The largest absolute Gasteiger partial charge is 0.380 e. The summed E-state index contributed by atoms with van der Waals surface area (Å²) in [6.07, 6.45) is 3.66. The van der Waals surface area contributed by atoms with Crippen LogP contribution in [0.3, 0.4) is 0 Å². The normalized spacial score (nSPS) is 32.2. The molecule has 1 saturated heterocycles. The van der Waals surface area contributed by atoms with Crippen LogP contribution in [0.5, 0.6) is 0 Å². The number of ether oxygens (including phenoxy) is 1. The first kappa shape index (κ1) is 9.01. The molecule has 66 valence electrons. The van der Waals surface area contributed by atoms with Gasteiger partial charge in [-0.25, -0.2) is 0 Å². The summed E-state index contributed by atoms with van der Waals surface area (Å²) in [6, 6.07) is 0. The molecule has 0 aromatic rings. The summed E-state index contributed by atoms with van der Waals surface area (Å²) >= 11 is 0. The molecule has 0 aromatic carbocycles. The average molecular weight is 157 g/mol. The van der Waals surface area contributed by atoms with Crippen molar-refractivity contribution in [2.45, 2.75) is 38.6 Å². The Hall–Kier alpha value is -0.0800. The lowest BCUT2D eigenvalue weighted by Gasteiger charge is -2.34. The summed E-state index contributed by atoms with van der Waals surface area (Å²) in [5.41, 5.74) is 0.258. The molecular formula is C9H19NO. The van der Waals surface area contributed by atoms with Crippen LogP contribution in [0.1, 0.15) is 33.1 Å². The van der Waals surface area contributed by atoms with Crippen LogP contribution in [-0.2, 0) is 4.74 Å². The van der Waals surface area contributed by atoms with Crippen molar-refractivity contribution in [2.24, 2.45) is 0 Å². The third-order valence-corrected chi connectivity index (χ3v) is 2.24. The van der Waals surface area contributed by atoms with Crippen molar-refractivity contribution < 1.29 is 4.74 Å². The second-order valence-electron chi connectivity index (χ2n) is 3.64. The van der Waals surface area contributed by atoms with Crippen molar-refractivity contribution >= 4 is 0 Å². The van der Waals surface area contributed by atoms with Gasteiger partial charge < -0.3 is 10.1 Å². The standard InChI is InChI=1S/C9H19NO/c1-3-6-10-9(2)5-4-7-11-8-9/h10H,3-8H2,1-2H3. The van der Waals surface area contributed by atoms with Crippen LogP contribution < -0.4 is 5.32 Å². The van der Waals surface area contributed by atoms with Gasteiger partial charge in [-0.1, -0.05) is 6.92 Å². The average Bonchev–Trinajstić information content (AvgIpc) is 2.03. The van der Waals surface area contributed by atoms with Gasteiger partial charge in [-0.3, -0.25) is 0 Å². The Labute approximate surface area is 69.3 Å². The molecule has 11 heavy (non-hydrogen) atoms. The van der Waals surface area contributed by atoms with E-state index in [0.29, 0.717) is 0 Å². The Kier molecular flexibility index (Phi) is 3.34. The summed E-state index contributed by atoms with van der Waals surface area (Å²) in [5.74, 6) is 0. The maximum atomic E-state index is 5.42. The van der Waals surface area contributed by atoms with Gasteiger partial charge in [0.15, 0.2) is 0 Å². The van der Waals surface area contributed by atoms with E-state index in [0.717, 1.165) is 19.8 Å². The number of hydrogen-bond acceptors (Lipinski definition) is 2. The van der Waals surface area contributed by atoms with E-state index >= 15 is 0 Å². The molecule has 1 rings (SSSR count). The number of rotatable bonds is 3. The molecule has 1 heterocycles. The summed E-state index contributed by atoms with van der Waals surface area (Å²) in [7, 11) is 0. The van der Waals surface area contributed by atoms with Crippen molar-refractivity contribution in [1.82, 2.24) is 5.32 Å². The van der Waals surface area contributed by atoms with E-state index in [1.807, 2.05) is 0 Å². The lowest BCUT2D eigenvalue weighted by molar-refractivity contribution is 0.0288. The molecule has 1 unspecified atom stereocenters. The predicted molar refractivity (Wildman–Crippen MR) is 46.8 cm³/mol. The smallest absolute Gasteiger partial charge is 0.0645 e. The van der Waals surface area contributed by atoms with Gasteiger partial charge in [-0.2, -0.15) is 0 Å². The fourth-order valence-electron chi connectivity index (χ4n) is 1.50. The topological polar surface area (TPSA) is 21.3 Å². The highest BCUT2D eigenvalue weighted by Gasteiger charge is 2.25. The first-order valence-corrected chi connectivity index (χ1v) is 4.60. The molecule has 1 N–H and O–H groups in total. The highest BCUT2D eigenvalue weighted by Crippen LogP contribution is 2.17. The fraction of sp³-hybridized carbons (Fsp3) is 1.00. The van der Waals surface area contributed by atoms with Crippen molar-refractivity contribution in [1.29, 1.82) is 0 Å². The second-order valence-corrected chi connectivity index (χ2v) is 3.64. The van der Waals surface area contributed by atoms with Crippen LogP contribution in [-0.4, -0.2) is 25.3 Å². The molecule has 1 fully saturated rings. The van der Waals surface area contributed by atoms with E-state index in [1.54, 1.807) is 0 Å². The quantitative estimate of drug-likeness (QED) is 0.671. The van der Waals surface area contributed by atoms with Gasteiger partial charge in [-0.15, -0.1) is 0 Å². The van der Waals surface area contributed by atoms with Crippen LogP contribution in [0, 0.1) is 0 Å². The molecule has 1 atom stereocenters. The lowest BCUT2D eigenvalue weighted by Crippen LogP contribution is -2.49. The van der Waals surface area contributed by atoms with Crippen molar-refractivity contribution in [2.75, 3.05) is 19.8 Å². The molecule has 2 heteroatoms. The Morgan fingerprint density at radius 2 is 2.36 bits per heavy atom. The minimum absolute atomic E-state index is 0.258. The molecule has 0 radical (unpaired) electrons. The summed E-state index contributed by atoms with van der Waals surface area (Å²) in [5, 5.41) is 3.52. The fourth-order valence-corrected chi connectivity index (χ4v) is 1.50. The molecule has 0 aliphatic carbocycles. The van der Waals surface area contributed by atoms with E-state index < -0.39 is 0 Å². The molecular weight excluding hydrogens is 138 g/mol. The third kappa shape index (κ3) is 2.80. The zero-order chi connectivity index (χ0) is 8.16. The Bertz CT molecular complexity index is 108. The number of nitrogens with one attached hydrogen (secondary N) is 1. The van der Waals surface area contributed by atoms with Crippen LogP contribution in [0.4, 0.5) is 0 Å². The summed E-state index contributed by atoms with van der Waals surface area (Å²) in [6.45, 7) is 7.39. The number of hydrogen-bond donors (Lipinski definition) is 1. The zero-order valence-electron chi connectivity index (χ0n) is 7.65. The van der Waals surface area contributed by atoms with Gasteiger partial charge >= 0.3 is 0 Å². The van der Waals surface area contributed by atoms with Crippen LogP contribution in [0.25, 0.3) is 0 Å². The summed E-state index contributed by atoms with van der Waals surface area (Å²) < 4.78 is 5.42. The molecule has 0 amide bonds. The van der Waals surface area contributed by atoms with Crippen molar-refractivity contribution in [3.05, 3.63) is 0 Å². The second kappa shape index (κ2) is 4.07. The minimum atomic E-state index is 0.258. The minimum Gasteiger partial charge on any atom is -0.380 e. The molecule has 1 aliphatic rings. The Morgan fingerprint density at radius 3 is 2.91 bits per heavy atom. The van der Waals surface area contributed by atoms with Crippen molar-refractivity contribution in [3.8, 4) is 0 Å². The summed E-state index contributed by atoms with van der Waals surface area (Å²) in [4.78, 5) is 0. The monoisotopic (exact) mass is 157 g/mol. The first-order valence-electron chi connectivity index (χ1n) is 4.60. The highest BCUT2D eigenvalue weighted by atomic mass is 16.5.